The number of carbonyl (C=O) groups excluding carboxylic acids is 1. The van der Waals surface area contributed by atoms with E-state index in [9.17, 15) is 15.0 Å². The molecule has 0 fully saturated rings. The molecule has 0 saturated carbocycles. The summed E-state index contributed by atoms with van der Waals surface area (Å²) in [6.07, 6.45) is 48.6. The summed E-state index contributed by atoms with van der Waals surface area (Å²) >= 11 is 0. The molecule has 0 aromatic heterocycles. The summed E-state index contributed by atoms with van der Waals surface area (Å²) in [5.74, 6) is -0.0371. The molecule has 0 aliphatic rings. The molecule has 4 nitrogen and oxygen atoms in total. The number of amides is 1. The van der Waals surface area contributed by atoms with Gasteiger partial charge in [0, 0.05) is 6.42 Å². The van der Waals surface area contributed by atoms with E-state index in [1.54, 1.807) is 0 Å². The van der Waals surface area contributed by atoms with E-state index >= 15 is 0 Å². The average Bonchev–Trinajstić information content (AvgIpc) is 3.07. The van der Waals surface area contributed by atoms with Crippen LogP contribution in [0.4, 0.5) is 0 Å². The van der Waals surface area contributed by atoms with Crippen LogP contribution in [0.25, 0.3) is 0 Å². The standard InChI is InChI=1S/C43H85NO3/c1-3-5-7-9-11-13-15-17-19-21-22-23-25-27-29-31-33-35-37-39-43(47)44-41(40-45)42(46)38-36-34-32-30-28-26-24-20-18-16-14-12-10-8-6-4-2/h28,30,41-42,45-46H,3-27,29,31-40H2,1-2H3,(H,44,47)/b30-28+/t41-,42+/m0/s1. The second kappa shape index (κ2) is 39.6. The Morgan fingerprint density at radius 3 is 1.17 bits per heavy atom. The van der Waals surface area contributed by atoms with E-state index in [-0.39, 0.29) is 12.5 Å². The molecular formula is C43H85NO3. The van der Waals surface area contributed by atoms with Gasteiger partial charge < -0.3 is 15.5 Å². The molecule has 4 heteroatoms. The van der Waals surface area contributed by atoms with Gasteiger partial charge in [-0.3, -0.25) is 4.79 Å². The van der Waals surface area contributed by atoms with Crippen molar-refractivity contribution < 1.29 is 15.0 Å². The van der Waals surface area contributed by atoms with Crippen LogP contribution in [0.1, 0.15) is 239 Å². The summed E-state index contributed by atoms with van der Waals surface area (Å²) in [5.41, 5.74) is 0. The average molecular weight is 664 g/mol. The highest BCUT2D eigenvalue weighted by Crippen LogP contribution is 2.16. The van der Waals surface area contributed by atoms with Crippen LogP contribution in [0.5, 0.6) is 0 Å². The Labute approximate surface area is 295 Å². The van der Waals surface area contributed by atoms with Gasteiger partial charge in [0.15, 0.2) is 0 Å². The van der Waals surface area contributed by atoms with Crippen molar-refractivity contribution in [3.8, 4) is 0 Å². The normalized spacial score (nSPS) is 13.0. The predicted octanol–water partition coefficient (Wildman–Crippen LogP) is 13.1. The second-order valence-corrected chi connectivity index (χ2v) is 14.8. The van der Waals surface area contributed by atoms with E-state index in [0.29, 0.717) is 12.8 Å². The van der Waals surface area contributed by atoms with E-state index in [4.69, 9.17) is 0 Å². The lowest BCUT2D eigenvalue weighted by Crippen LogP contribution is -2.45. The molecule has 0 aliphatic heterocycles. The monoisotopic (exact) mass is 664 g/mol. The van der Waals surface area contributed by atoms with Gasteiger partial charge in [-0.05, 0) is 38.5 Å². The van der Waals surface area contributed by atoms with Gasteiger partial charge in [-0.15, -0.1) is 0 Å². The van der Waals surface area contributed by atoms with Crippen LogP contribution in [-0.2, 0) is 4.79 Å². The van der Waals surface area contributed by atoms with Crippen LogP contribution in [-0.4, -0.2) is 34.9 Å². The Kier molecular flexibility index (Phi) is 38.8. The molecule has 0 saturated heterocycles. The van der Waals surface area contributed by atoms with Crippen LogP contribution in [0.3, 0.4) is 0 Å². The molecule has 1 amide bonds. The number of hydrogen-bond donors (Lipinski definition) is 3. The van der Waals surface area contributed by atoms with Crippen molar-refractivity contribution in [2.45, 2.75) is 251 Å². The van der Waals surface area contributed by atoms with E-state index in [1.807, 2.05) is 0 Å². The molecule has 47 heavy (non-hydrogen) atoms. The fourth-order valence-corrected chi connectivity index (χ4v) is 6.71. The van der Waals surface area contributed by atoms with Gasteiger partial charge in [0.1, 0.15) is 0 Å². The number of rotatable bonds is 39. The lowest BCUT2D eigenvalue weighted by Gasteiger charge is -2.22. The molecule has 0 bridgehead atoms. The number of unbranched alkanes of at least 4 members (excludes halogenated alkanes) is 30. The number of aliphatic hydroxyl groups is 2. The lowest BCUT2D eigenvalue weighted by molar-refractivity contribution is -0.123. The van der Waals surface area contributed by atoms with Crippen LogP contribution in [0.15, 0.2) is 12.2 Å². The highest BCUT2D eigenvalue weighted by molar-refractivity contribution is 5.76. The number of aliphatic hydroxyl groups excluding tert-OH is 2. The maximum atomic E-state index is 12.4. The van der Waals surface area contributed by atoms with Crippen LogP contribution in [0, 0.1) is 0 Å². The van der Waals surface area contributed by atoms with Crippen LogP contribution >= 0.6 is 0 Å². The highest BCUT2D eigenvalue weighted by atomic mass is 16.3. The number of hydrogen-bond acceptors (Lipinski definition) is 3. The zero-order valence-electron chi connectivity index (χ0n) is 32.1. The zero-order chi connectivity index (χ0) is 34.3. The Hall–Kier alpha value is -0.870. The third kappa shape index (κ3) is 36.2. The van der Waals surface area contributed by atoms with Gasteiger partial charge in [-0.2, -0.15) is 0 Å². The first-order valence-corrected chi connectivity index (χ1v) is 21.4. The summed E-state index contributed by atoms with van der Waals surface area (Å²) < 4.78 is 0. The van der Waals surface area contributed by atoms with Crippen LogP contribution < -0.4 is 5.32 Å². The predicted molar refractivity (Wildman–Crippen MR) is 207 cm³/mol. The smallest absolute Gasteiger partial charge is 0.220 e. The molecule has 0 aliphatic carbocycles. The summed E-state index contributed by atoms with van der Waals surface area (Å²) in [5, 5.41) is 23.1. The minimum Gasteiger partial charge on any atom is -0.394 e. The quantitative estimate of drug-likeness (QED) is 0.0453. The fraction of sp³-hybridized carbons (Fsp3) is 0.930. The Bertz CT molecular complexity index is 637. The van der Waals surface area contributed by atoms with Crippen molar-refractivity contribution in [1.82, 2.24) is 5.32 Å². The SMILES string of the molecule is CCCCCCCCCCCC/C=C/CCCC[C@@H](O)[C@H](CO)NC(=O)CCCCCCCCCCCCCCCCCCCCC. The molecule has 0 spiro atoms. The largest absolute Gasteiger partial charge is 0.394 e. The van der Waals surface area contributed by atoms with Gasteiger partial charge in [-0.25, -0.2) is 0 Å². The van der Waals surface area contributed by atoms with Gasteiger partial charge >= 0.3 is 0 Å². The molecule has 0 heterocycles. The first kappa shape index (κ1) is 46.1. The third-order valence-electron chi connectivity index (χ3n) is 10.0. The van der Waals surface area contributed by atoms with Gasteiger partial charge in [0.05, 0.1) is 18.8 Å². The van der Waals surface area contributed by atoms with Gasteiger partial charge in [0.2, 0.25) is 5.91 Å². The van der Waals surface area contributed by atoms with Crippen molar-refractivity contribution in [2.24, 2.45) is 0 Å². The van der Waals surface area contributed by atoms with Crippen molar-refractivity contribution in [1.29, 1.82) is 0 Å². The molecule has 2 atom stereocenters. The molecule has 3 N–H and O–H groups in total. The minimum atomic E-state index is -0.676. The maximum Gasteiger partial charge on any atom is 0.220 e. The van der Waals surface area contributed by atoms with Crippen molar-refractivity contribution in [3.63, 3.8) is 0 Å². The van der Waals surface area contributed by atoms with Gasteiger partial charge in [0.25, 0.3) is 0 Å². The highest BCUT2D eigenvalue weighted by Gasteiger charge is 2.19. The van der Waals surface area contributed by atoms with Crippen LogP contribution in [0.2, 0.25) is 0 Å². The number of nitrogens with one attached hydrogen (secondary N) is 1. The number of allylic oxidation sites excluding steroid dienone is 2. The Morgan fingerprint density at radius 2 is 0.809 bits per heavy atom. The van der Waals surface area contributed by atoms with E-state index in [1.165, 1.54) is 180 Å². The fourth-order valence-electron chi connectivity index (χ4n) is 6.71. The minimum absolute atomic E-state index is 0.0371. The molecule has 0 rings (SSSR count). The molecule has 280 valence electrons. The first-order chi connectivity index (χ1) is 23.2. The van der Waals surface area contributed by atoms with E-state index in [0.717, 1.165) is 32.1 Å². The number of carbonyl (C=O) groups is 1. The molecule has 0 aromatic rings. The molecule has 0 aromatic carbocycles. The molecular weight excluding hydrogens is 578 g/mol. The molecule has 0 unspecified atom stereocenters. The first-order valence-electron chi connectivity index (χ1n) is 21.4. The van der Waals surface area contributed by atoms with Gasteiger partial charge in [-0.1, -0.05) is 206 Å². The summed E-state index contributed by atoms with van der Waals surface area (Å²) in [6.45, 7) is 4.36. The van der Waals surface area contributed by atoms with Crippen molar-refractivity contribution in [3.05, 3.63) is 12.2 Å². The summed E-state index contributed by atoms with van der Waals surface area (Å²) in [4.78, 5) is 12.4. The van der Waals surface area contributed by atoms with E-state index in [2.05, 4.69) is 31.3 Å². The Balaban J connectivity index is 3.52. The Morgan fingerprint density at radius 1 is 0.489 bits per heavy atom. The molecule has 0 radical (unpaired) electrons. The second-order valence-electron chi connectivity index (χ2n) is 14.8. The summed E-state index contributed by atoms with van der Waals surface area (Å²) in [6, 6.07) is -0.547. The summed E-state index contributed by atoms with van der Waals surface area (Å²) in [7, 11) is 0. The zero-order valence-corrected chi connectivity index (χ0v) is 32.1. The third-order valence-corrected chi connectivity index (χ3v) is 10.0. The van der Waals surface area contributed by atoms with Crippen molar-refractivity contribution >= 4 is 5.91 Å². The topological polar surface area (TPSA) is 69.6 Å². The lowest BCUT2D eigenvalue weighted by atomic mass is 10.0. The maximum absolute atomic E-state index is 12.4. The van der Waals surface area contributed by atoms with Crippen molar-refractivity contribution in [2.75, 3.05) is 6.61 Å². The van der Waals surface area contributed by atoms with E-state index < -0.39 is 12.1 Å².